The summed E-state index contributed by atoms with van der Waals surface area (Å²) in [5, 5.41) is 6.90. The van der Waals surface area contributed by atoms with Crippen LogP contribution in [0, 0.1) is 3.57 Å². The standard InChI is InChI=1S/C12H12BrIN4O/c13-11-2-1-8(14)5-10(11)12(19)16-3-4-18-7-9(15)6-17-18/h1-2,5-7H,3-4,15H2,(H,16,19). The summed E-state index contributed by atoms with van der Waals surface area (Å²) in [5.41, 5.74) is 6.81. The first kappa shape index (κ1) is 14.3. The Bertz CT molecular complexity index is 599. The van der Waals surface area contributed by atoms with Crippen molar-refractivity contribution in [2.24, 2.45) is 0 Å². The van der Waals surface area contributed by atoms with E-state index in [9.17, 15) is 4.79 Å². The fourth-order valence-electron chi connectivity index (χ4n) is 1.55. The highest BCUT2D eigenvalue weighted by molar-refractivity contribution is 14.1. The second kappa shape index (κ2) is 6.38. The van der Waals surface area contributed by atoms with Crippen LogP contribution in [-0.2, 0) is 6.54 Å². The van der Waals surface area contributed by atoms with Crippen LogP contribution in [0.25, 0.3) is 0 Å². The number of carbonyl (C=O) groups is 1. The molecule has 5 nitrogen and oxygen atoms in total. The summed E-state index contributed by atoms with van der Waals surface area (Å²) in [5.74, 6) is -0.106. The van der Waals surface area contributed by atoms with Gasteiger partial charge in [0.2, 0.25) is 0 Å². The van der Waals surface area contributed by atoms with Crippen LogP contribution in [0.5, 0.6) is 0 Å². The van der Waals surface area contributed by atoms with Crippen LogP contribution in [0.4, 0.5) is 5.69 Å². The lowest BCUT2D eigenvalue weighted by Gasteiger charge is -2.07. The lowest BCUT2D eigenvalue weighted by molar-refractivity contribution is 0.0951. The van der Waals surface area contributed by atoms with E-state index in [2.05, 4.69) is 48.9 Å². The fourth-order valence-corrected chi connectivity index (χ4v) is 2.47. The highest BCUT2D eigenvalue weighted by Crippen LogP contribution is 2.19. The number of amides is 1. The monoisotopic (exact) mass is 434 g/mol. The molecule has 1 heterocycles. The van der Waals surface area contributed by atoms with Crippen LogP contribution in [0.3, 0.4) is 0 Å². The van der Waals surface area contributed by atoms with Gasteiger partial charge in [-0.05, 0) is 56.7 Å². The SMILES string of the molecule is Nc1cnn(CCNC(=O)c2cc(I)ccc2Br)c1. The Hall–Kier alpha value is -1.09. The Balaban J connectivity index is 1.92. The summed E-state index contributed by atoms with van der Waals surface area (Å²) in [6, 6.07) is 5.64. The van der Waals surface area contributed by atoms with Gasteiger partial charge in [-0.2, -0.15) is 5.10 Å². The Kier molecular flexibility index (Phi) is 4.81. The summed E-state index contributed by atoms with van der Waals surface area (Å²) in [6.07, 6.45) is 3.31. The number of rotatable bonds is 4. The van der Waals surface area contributed by atoms with Crippen molar-refractivity contribution in [1.29, 1.82) is 0 Å². The van der Waals surface area contributed by atoms with Crippen molar-refractivity contribution < 1.29 is 4.79 Å². The maximum absolute atomic E-state index is 12.0. The fraction of sp³-hybridized carbons (Fsp3) is 0.167. The zero-order valence-corrected chi connectivity index (χ0v) is 13.7. The molecule has 1 aromatic carbocycles. The van der Waals surface area contributed by atoms with E-state index in [1.807, 2.05) is 18.2 Å². The van der Waals surface area contributed by atoms with E-state index in [0.29, 0.717) is 24.3 Å². The Morgan fingerprint density at radius 3 is 3.00 bits per heavy atom. The van der Waals surface area contributed by atoms with Crippen LogP contribution in [-0.4, -0.2) is 22.2 Å². The van der Waals surface area contributed by atoms with Gasteiger partial charge < -0.3 is 11.1 Å². The molecule has 0 aliphatic carbocycles. The number of nitrogens with zero attached hydrogens (tertiary/aromatic N) is 2. The number of hydrogen-bond acceptors (Lipinski definition) is 3. The molecule has 2 aromatic rings. The topological polar surface area (TPSA) is 72.9 Å². The molecule has 1 aromatic heterocycles. The molecular formula is C12H12BrIN4O. The van der Waals surface area contributed by atoms with E-state index in [4.69, 9.17) is 5.73 Å². The van der Waals surface area contributed by atoms with E-state index >= 15 is 0 Å². The quantitative estimate of drug-likeness (QED) is 0.725. The molecule has 0 bridgehead atoms. The van der Waals surface area contributed by atoms with Crippen LogP contribution in [0.2, 0.25) is 0 Å². The molecule has 0 atom stereocenters. The van der Waals surface area contributed by atoms with Crippen LogP contribution >= 0.6 is 38.5 Å². The van der Waals surface area contributed by atoms with Gasteiger partial charge in [-0.15, -0.1) is 0 Å². The van der Waals surface area contributed by atoms with Crippen molar-refractivity contribution in [3.8, 4) is 0 Å². The summed E-state index contributed by atoms with van der Waals surface area (Å²) in [7, 11) is 0. The average Bonchev–Trinajstić information content (AvgIpc) is 2.78. The maximum Gasteiger partial charge on any atom is 0.252 e. The van der Waals surface area contributed by atoms with Gasteiger partial charge in [-0.1, -0.05) is 0 Å². The molecule has 0 spiro atoms. The van der Waals surface area contributed by atoms with E-state index in [1.54, 1.807) is 17.1 Å². The maximum atomic E-state index is 12.0. The van der Waals surface area contributed by atoms with E-state index in [1.165, 1.54) is 0 Å². The minimum absolute atomic E-state index is 0.106. The summed E-state index contributed by atoms with van der Waals surface area (Å²) in [6.45, 7) is 1.09. The van der Waals surface area contributed by atoms with E-state index < -0.39 is 0 Å². The summed E-state index contributed by atoms with van der Waals surface area (Å²) >= 11 is 5.55. The second-order valence-electron chi connectivity index (χ2n) is 3.92. The molecule has 0 aliphatic rings. The summed E-state index contributed by atoms with van der Waals surface area (Å²) in [4.78, 5) is 12.0. The van der Waals surface area contributed by atoms with Crippen molar-refractivity contribution in [3.05, 3.63) is 44.2 Å². The minimum atomic E-state index is -0.106. The molecule has 0 fully saturated rings. The van der Waals surface area contributed by atoms with Crippen molar-refractivity contribution in [1.82, 2.24) is 15.1 Å². The van der Waals surface area contributed by atoms with Gasteiger partial charge in [0.05, 0.1) is 24.0 Å². The lowest BCUT2D eigenvalue weighted by atomic mass is 10.2. The van der Waals surface area contributed by atoms with Gasteiger partial charge in [0.1, 0.15) is 0 Å². The van der Waals surface area contributed by atoms with Crippen molar-refractivity contribution in [3.63, 3.8) is 0 Å². The first-order valence-corrected chi connectivity index (χ1v) is 7.44. The third kappa shape index (κ3) is 3.93. The van der Waals surface area contributed by atoms with Gasteiger partial charge in [0.25, 0.3) is 5.91 Å². The van der Waals surface area contributed by atoms with Crippen molar-refractivity contribution in [2.45, 2.75) is 6.54 Å². The van der Waals surface area contributed by atoms with Gasteiger partial charge in [0.15, 0.2) is 0 Å². The molecule has 0 saturated carbocycles. The Morgan fingerprint density at radius 1 is 1.53 bits per heavy atom. The molecule has 0 saturated heterocycles. The average molecular weight is 435 g/mol. The molecule has 19 heavy (non-hydrogen) atoms. The molecule has 3 N–H and O–H groups in total. The van der Waals surface area contributed by atoms with Crippen molar-refractivity contribution >= 4 is 50.1 Å². The van der Waals surface area contributed by atoms with Crippen LogP contribution in [0.15, 0.2) is 35.1 Å². The number of hydrogen-bond donors (Lipinski definition) is 2. The molecule has 100 valence electrons. The van der Waals surface area contributed by atoms with Gasteiger partial charge >= 0.3 is 0 Å². The summed E-state index contributed by atoms with van der Waals surface area (Å²) < 4.78 is 3.50. The second-order valence-corrected chi connectivity index (χ2v) is 6.02. The first-order valence-electron chi connectivity index (χ1n) is 5.57. The number of aromatic nitrogens is 2. The molecule has 1 amide bonds. The number of halogens is 2. The largest absolute Gasteiger partial charge is 0.396 e. The zero-order chi connectivity index (χ0) is 13.8. The molecule has 7 heteroatoms. The molecule has 0 radical (unpaired) electrons. The minimum Gasteiger partial charge on any atom is -0.396 e. The van der Waals surface area contributed by atoms with Crippen molar-refractivity contribution in [2.75, 3.05) is 12.3 Å². The van der Waals surface area contributed by atoms with Crippen LogP contribution in [0.1, 0.15) is 10.4 Å². The molecule has 0 unspecified atom stereocenters. The third-order valence-electron chi connectivity index (χ3n) is 2.45. The van der Waals surface area contributed by atoms with Gasteiger partial charge in [-0.25, -0.2) is 0 Å². The Labute approximate surface area is 132 Å². The van der Waals surface area contributed by atoms with E-state index in [0.717, 1.165) is 8.04 Å². The predicted octanol–water partition coefficient (Wildman–Crippen LogP) is 2.26. The lowest BCUT2D eigenvalue weighted by Crippen LogP contribution is -2.27. The highest BCUT2D eigenvalue weighted by Gasteiger charge is 2.09. The predicted molar refractivity (Wildman–Crippen MR) is 85.8 cm³/mol. The number of nitrogen functional groups attached to an aromatic ring is 1. The number of benzene rings is 1. The smallest absolute Gasteiger partial charge is 0.252 e. The van der Waals surface area contributed by atoms with Crippen LogP contribution < -0.4 is 11.1 Å². The highest BCUT2D eigenvalue weighted by atomic mass is 127. The van der Waals surface area contributed by atoms with Gasteiger partial charge in [-0.3, -0.25) is 9.48 Å². The molecule has 2 rings (SSSR count). The number of nitrogens with two attached hydrogens (primary N) is 1. The number of nitrogens with one attached hydrogen (secondary N) is 1. The number of carbonyl (C=O) groups excluding carboxylic acids is 1. The third-order valence-corrected chi connectivity index (χ3v) is 3.82. The van der Waals surface area contributed by atoms with Gasteiger partial charge in [0, 0.05) is 20.8 Å². The molecular weight excluding hydrogens is 423 g/mol. The Morgan fingerprint density at radius 2 is 2.32 bits per heavy atom. The normalized spacial score (nSPS) is 10.4. The van der Waals surface area contributed by atoms with E-state index in [-0.39, 0.29) is 5.91 Å². The first-order chi connectivity index (χ1) is 9.06. The number of anilines is 1. The zero-order valence-electron chi connectivity index (χ0n) is 9.94. The molecule has 0 aliphatic heterocycles.